The van der Waals surface area contributed by atoms with Crippen LogP contribution in [0.5, 0.6) is 5.75 Å². The van der Waals surface area contributed by atoms with E-state index in [0.29, 0.717) is 30.3 Å². The Morgan fingerprint density at radius 1 is 1.07 bits per heavy atom. The summed E-state index contributed by atoms with van der Waals surface area (Å²) in [4.78, 5) is 26.4. The predicted octanol–water partition coefficient (Wildman–Crippen LogP) is 3.38. The molecule has 1 N–H and O–H groups in total. The third-order valence-electron chi connectivity index (χ3n) is 4.87. The second kappa shape index (κ2) is 9.60. The smallest absolute Gasteiger partial charge is 0.258 e. The first-order valence-electron chi connectivity index (χ1n) is 9.50. The molecular formula is C22H25ClN2O3. The van der Waals surface area contributed by atoms with E-state index in [0.717, 1.165) is 24.0 Å². The van der Waals surface area contributed by atoms with E-state index >= 15 is 0 Å². The van der Waals surface area contributed by atoms with Crippen molar-refractivity contribution in [2.24, 2.45) is 0 Å². The van der Waals surface area contributed by atoms with Gasteiger partial charge in [-0.1, -0.05) is 41.4 Å². The van der Waals surface area contributed by atoms with Crippen LogP contribution >= 0.6 is 11.6 Å². The molecule has 2 amide bonds. The SMILES string of the molecule is Cc1ccc(OCC(=O)NC2CCN(C(=O)Cc3ccc(Cl)cc3)CC2)cc1. The van der Waals surface area contributed by atoms with Gasteiger partial charge in [-0.15, -0.1) is 0 Å². The minimum absolute atomic E-state index is 0.00122. The summed E-state index contributed by atoms with van der Waals surface area (Å²) in [7, 11) is 0. The number of nitrogens with one attached hydrogen (secondary N) is 1. The van der Waals surface area contributed by atoms with Crippen LogP contribution in [0.2, 0.25) is 5.02 Å². The molecular weight excluding hydrogens is 376 g/mol. The average Bonchev–Trinajstić information content (AvgIpc) is 2.70. The molecule has 1 aliphatic heterocycles. The van der Waals surface area contributed by atoms with Crippen LogP contribution < -0.4 is 10.1 Å². The van der Waals surface area contributed by atoms with Crippen LogP contribution in [0.15, 0.2) is 48.5 Å². The number of aryl methyl sites for hydroxylation is 1. The summed E-state index contributed by atoms with van der Waals surface area (Å²) >= 11 is 5.88. The monoisotopic (exact) mass is 400 g/mol. The first-order chi connectivity index (χ1) is 13.5. The predicted molar refractivity (Wildman–Crippen MR) is 110 cm³/mol. The minimum atomic E-state index is -0.133. The van der Waals surface area contributed by atoms with E-state index in [-0.39, 0.29) is 24.5 Å². The maximum absolute atomic E-state index is 12.5. The van der Waals surface area contributed by atoms with Crippen molar-refractivity contribution in [2.45, 2.75) is 32.2 Å². The Morgan fingerprint density at radius 3 is 2.36 bits per heavy atom. The number of ether oxygens (including phenoxy) is 1. The van der Waals surface area contributed by atoms with Crippen LogP contribution in [0.3, 0.4) is 0 Å². The lowest BCUT2D eigenvalue weighted by Gasteiger charge is -2.32. The number of halogens is 1. The molecule has 5 nitrogen and oxygen atoms in total. The molecule has 1 heterocycles. The summed E-state index contributed by atoms with van der Waals surface area (Å²) in [5.41, 5.74) is 2.10. The zero-order valence-electron chi connectivity index (χ0n) is 16.0. The van der Waals surface area contributed by atoms with Gasteiger partial charge in [0.15, 0.2) is 6.61 Å². The number of likely N-dealkylation sites (tertiary alicyclic amines) is 1. The van der Waals surface area contributed by atoms with Crippen LogP contribution in [0.1, 0.15) is 24.0 Å². The molecule has 0 atom stereocenters. The Hall–Kier alpha value is -2.53. The zero-order valence-corrected chi connectivity index (χ0v) is 16.7. The molecule has 1 fully saturated rings. The largest absolute Gasteiger partial charge is 0.484 e. The third kappa shape index (κ3) is 5.99. The fourth-order valence-electron chi connectivity index (χ4n) is 3.21. The summed E-state index contributed by atoms with van der Waals surface area (Å²) in [6, 6.07) is 15.0. The average molecular weight is 401 g/mol. The van der Waals surface area contributed by atoms with Crippen LogP contribution in [0.25, 0.3) is 0 Å². The number of nitrogens with zero attached hydrogens (tertiary/aromatic N) is 1. The highest BCUT2D eigenvalue weighted by Gasteiger charge is 2.24. The lowest BCUT2D eigenvalue weighted by Crippen LogP contribution is -2.47. The normalized spacial score (nSPS) is 14.6. The maximum Gasteiger partial charge on any atom is 0.258 e. The van der Waals surface area contributed by atoms with Crippen molar-refractivity contribution >= 4 is 23.4 Å². The van der Waals surface area contributed by atoms with Gasteiger partial charge in [-0.25, -0.2) is 0 Å². The van der Waals surface area contributed by atoms with Gasteiger partial charge in [-0.3, -0.25) is 9.59 Å². The number of hydrogen-bond donors (Lipinski definition) is 1. The number of carbonyl (C=O) groups is 2. The van der Waals surface area contributed by atoms with Crippen molar-refractivity contribution in [2.75, 3.05) is 19.7 Å². The molecule has 0 saturated carbocycles. The van der Waals surface area contributed by atoms with Gasteiger partial charge in [-0.2, -0.15) is 0 Å². The highest BCUT2D eigenvalue weighted by molar-refractivity contribution is 6.30. The van der Waals surface area contributed by atoms with Crippen LogP contribution in [0, 0.1) is 6.92 Å². The standard InChI is InChI=1S/C22H25ClN2O3/c1-16-2-8-20(9-3-16)28-15-21(26)24-19-10-12-25(13-11-19)22(27)14-17-4-6-18(23)7-5-17/h2-9,19H,10-15H2,1H3,(H,24,26). The summed E-state index contributed by atoms with van der Waals surface area (Å²) in [5.74, 6) is 0.657. The summed E-state index contributed by atoms with van der Waals surface area (Å²) in [6.07, 6.45) is 1.88. The molecule has 0 radical (unpaired) electrons. The first-order valence-corrected chi connectivity index (χ1v) is 9.88. The molecule has 1 saturated heterocycles. The fraction of sp³-hybridized carbons (Fsp3) is 0.364. The number of carbonyl (C=O) groups excluding carboxylic acids is 2. The van der Waals surface area contributed by atoms with E-state index in [1.807, 2.05) is 48.2 Å². The number of rotatable bonds is 6. The van der Waals surface area contributed by atoms with Crippen molar-refractivity contribution in [3.05, 3.63) is 64.7 Å². The third-order valence-corrected chi connectivity index (χ3v) is 5.12. The van der Waals surface area contributed by atoms with Gasteiger partial charge in [0.25, 0.3) is 5.91 Å². The van der Waals surface area contributed by atoms with Crippen molar-refractivity contribution in [1.29, 1.82) is 0 Å². The van der Waals surface area contributed by atoms with Crippen LogP contribution in [0.4, 0.5) is 0 Å². The Kier molecular flexibility index (Phi) is 6.93. The second-order valence-corrected chi connectivity index (χ2v) is 7.56. The molecule has 0 bridgehead atoms. The zero-order chi connectivity index (χ0) is 19.9. The number of amides is 2. The molecule has 6 heteroatoms. The van der Waals surface area contributed by atoms with Gasteiger partial charge < -0.3 is 15.0 Å². The van der Waals surface area contributed by atoms with E-state index in [4.69, 9.17) is 16.3 Å². The molecule has 0 aliphatic carbocycles. The lowest BCUT2D eigenvalue weighted by atomic mass is 10.0. The Morgan fingerprint density at radius 2 is 1.71 bits per heavy atom. The molecule has 2 aromatic rings. The number of benzene rings is 2. The van der Waals surface area contributed by atoms with Gasteiger partial charge in [0.05, 0.1) is 6.42 Å². The fourth-order valence-corrected chi connectivity index (χ4v) is 3.34. The molecule has 0 unspecified atom stereocenters. The first kappa shape index (κ1) is 20.2. The van der Waals surface area contributed by atoms with Crippen LogP contribution in [-0.4, -0.2) is 42.5 Å². The molecule has 1 aliphatic rings. The van der Waals surface area contributed by atoms with Crippen molar-refractivity contribution in [3.8, 4) is 5.75 Å². The molecule has 3 rings (SSSR count). The highest BCUT2D eigenvalue weighted by atomic mass is 35.5. The number of hydrogen-bond acceptors (Lipinski definition) is 3. The molecule has 148 valence electrons. The van der Waals surface area contributed by atoms with E-state index < -0.39 is 0 Å². The van der Waals surface area contributed by atoms with Crippen molar-refractivity contribution < 1.29 is 14.3 Å². The van der Waals surface area contributed by atoms with E-state index in [1.165, 1.54) is 0 Å². The van der Waals surface area contributed by atoms with Crippen molar-refractivity contribution in [1.82, 2.24) is 10.2 Å². The van der Waals surface area contributed by atoms with E-state index in [1.54, 1.807) is 12.1 Å². The number of piperidine rings is 1. The molecule has 2 aromatic carbocycles. The Bertz CT molecular complexity index is 798. The lowest BCUT2D eigenvalue weighted by molar-refractivity contribution is -0.131. The Labute approximate surface area is 170 Å². The van der Waals surface area contributed by atoms with Gasteiger partial charge in [-0.05, 0) is 49.6 Å². The summed E-state index contributed by atoms with van der Waals surface area (Å²) in [6.45, 7) is 3.30. The van der Waals surface area contributed by atoms with Crippen LogP contribution in [-0.2, 0) is 16.0 Å². The second-order valence-electron chi connectivity index (χ2n) is 7.13. The van der Waals surface area contributed by atoms with Gasteiger partial charge >= 0.3 is 0 Å². The van der Waals surface area contributed by atoms with E-state index in [2.05, 4.69) is 5.32 Å². The topological polar surface area (TPSA) is 58.6 Å². The summed E-state index contributed by atoms with van der Waals surface area (Å²) in [5, 5.41) is 3.67. The Balaban J connectivity index is 1.38. The quantitative estimate of drug-likeness (QED) is 0.808. The minimum Gasteiger partial charge on any atom is -0.484 e. The molecule has 0 spiro atoms. The highest BCUT2D eigenvalue weighted by Crippen LogP contribution is 2.15. The summed E-state index contributed by atoms with van der Waals surface area (Å²) < 4.78 is 5.51. The van der Waals surface area contributed by atoms with Gasteiger partial charge in [0, 0.05) is 24.2 Å². The molecule has 0 aromatic heterocycles. The molecule has 28 heavy (non-hydrogen) atoms. The van der Waals surface area contributed by atoms with E-state index in [9.17, 15) is 9.59 Å². The van der Waals surface area contributed by atoms with Gasteiger partial charge in [0.2, 0.25) is 5.91 Å². The van der Waals surface area contributed by atoms with Crippen molar-refractivity contribution in [3.63, 3.8) is 0 Å². The maximum atomic E-state index is 12.5. The van der Waals surface area contributed by atoms with Gasteiger partial charge in [0.1, 0.15) is 5.75 Å².